The van der Waals surface area contributed by atoms with E-state index in [2.05, 4.69) is 22.4 Å². The Bertz CT molecular complexity index is 1760. The fraction of sp³-hybridized carbons (Fsp3) is 0.206. The first-order chi connectivity index (χ1) is 19.9. The number of nitrogens with one attached hydrogen (secondary N) is 1. The van der Waals surface area contributed by atoms with E-state index in [1.165, 1.54) is 11.3 Å². The number of allylic oxidation sites excluding steroid dienone is 1. The van der Waals surface area contributed by atoms with E-state index in [4.69, 9.17) is 4.74 Å². The molecule has 4 atom stereocenters. The third kappa shape index (κ3) is 3.51. The number of methoxy groups -OCH3 is 1. The summed E-state index contributed by atoms with van der Waals surface area (Å²) in [5.74, 6) is -1.04. The van der Waals surface area contributed by atoms with Crippen molar-refractivity contribution in [3.05, 3.63) is 117 Å². The van der Waals surface area contributed by atoms with Gasteiger partial charge in [-0.05, 0) is 78.9 Å². The molecule has 1 amide bonds. The third-order valence-electron chi connectivity index (χ3n) is 8.82. The van der Waals surface area contributed by atoms with E-state index in [9.17, 15) is 14.4 Å². The van der Waals surface area contributed by atoms with E-state index >= 15 is 0 Å². The largest absolute Gasteiger partial charge is 0.497 e. The third-order valence-corrected chi connectivity index (χ3v) is 9.71. The summed E-state index contributed by atoms with van der Waals surface area (Å²) >= 11 is 1.35. The van der Waals surface area contributed by atoms with E-state index in [1.807, 2.05) is 61.7 Å². The number of amides is 1. The van der Waals surface area contributed by atoms with E-state index in [-0.39, 0.29) is 17.5 Å². The summed E-state index contributed by atoms with van der Waals surface area (Å²) in [6.07, 6.45) is 2.08. The van der Waals surface area contributed by atoms with E-state index in [0.717, 1.165) is 28.0 Å². The van der Waals surface area contributed by atoms with Crippen molar-refractivity contribution in [2.45, 2.75) is 31.3 Å². The predicted molar refractivity (Wildman–Crippen MR) is 161 cm³/mol. The van der Waals surface area contributed by atoms with Crippen molar-refractivity contribution in [2.24, 2.45) is 5.92 Å². The molecule has 7 heteroatoms. The molecule has 1 N–H and O–H groups in total. The number of aryl methyl sites for hydroxylation is 1. The quantitative estimate of drug-likeness (QED) is 0.290. The van der Waals surface area contributed by atoms with Crippen molar-refractivity contribution in [3.63, 3.8) is 0 Å². The van der Waals surface area contributed by atoms with E-state index < -0.39 is 23.4 Å². The normalized spacial score (nSPS) is 23.9. The smallest absolute Gasteiger partial charge is 0.238 e. The van der Waals surface area contributed by atoms with Gasteiger partial charge in [0.05, 0.1) is 23.9 Å². The van der Waals surface area contributed by atoms with Crippen molar-refractivity contribution in [1.82, 2.24) is 0 Å². The topological polar surface area (TPSA) is 75.7 Å². The van der Waals surface area contributed by atoms with Gasteiger partial charge in [-0.2, -0.15) is 0 Å². The van der Waals surface area contributed by atoms with Crippen LogP contribution in [0, 0.1) is 12.8 Å². The molecule has 7 rings (SSSR count). The Labute approximate surface area is 242 Å². The van der Waals surface area contributed by atoms with Crippen LogP contribution in [0.25, 0.3) is 5.57 Å². The van der Waals surface area contributed by atoms with Crippen molar-refractivity contribution in [2.75, 3.05) is 17.3 Å². The number of carbonyl (C=O) groups is 3. The number of Topliss-reactive ketones (excluding diaryl/α,β-unsaturated/α-hetero) is 2. The van der Waals surface area contributed by atoms with Gasteiger partial charge in [-0.25, -0.2) is 0 Å². The molecule has 1 saturated heterocycles. The van der Waals surface area contributed by atoms with Crippen LogP contribution >= 0.6 is 11.3 Å². The molecule has 1 fully saturated rings. The number of benzene rings is 3. The fourth-order valence-electron chi connectivity index (χ4n) is 7.05. The molecule has 1 spiro atoms. The number of ketones is 2. The van der Waals surface area contributed by atoms with Gasteiger partial charge in [-0.3, -0.25) is 14.4 Å². The van der Waals surface area contributed by atoms with Crippen molar-refractivity contribution in [3.8, 4) is 5.75 Å². The molecule has 1 aromatic heterocycles. The van der Waals surface area contributed by atoms with Crippen molar-refractivity contribution >= 4 is 45.8 Å². The first kappa shape index (κ1) is 25.5. The SMILES string of the molecule is COc1ccc(C(=O)[C@H]2[C@@H](C(=O)c3cccs3)N3c4ccc(C)cc4C(C)=C[C@H]3[C@@]23C(=O)Nc2ccccc23)cc1. The van der Waals surface area contributed by atoms with E-state index in [0.29, 0.717) is 21.9 Å². The average molecular weight is 561 g/mol. The summed E-state index contributed by atoms with van der Waals surface area (Å²) in [7, 11) is 1.57. The Balaban J connectivity index is 1.54. The number of thiophene rings is 1. The van der Waals surface area contributed by atoms with Gasteiger partial charge in [0.2, 0.25) is 5.91 Å². The zero-order valence-corrected chi connectivity index (χ0v) is 23.7. The van der Waals surface area contributed by atoms with Crippen molar-refractivity contribution < 1.29 is 19.1 Å². The van der Waals surface area contributed by atoms with Crippen LogP contribution in [0.5, 0.6) is 5.75 Å². The van der Waals surface area contributed by atoms with Crippen LogP contribution < -0.4 is 15.0 Å². The number of hydrogen-bond donors (Lipinski definition) is 1. The minimum Gasteiger partial charge on any atom is -0.497 e. The summed E-state index contributed by atoms with van der Waals surface area (Å²) in [4.78, 5) is 46.4. The Morgan fingerprint density at radius 1 is 0.951 bits per heavy atom. The summed E-state index contributed by atoms with van der Waals surface area (Å²) in [5.41, 5.74) is 4.50. The second-order valence-electron chi connectivity index (χ2n) is 10.9. The lowest BCUT2D eigenvalue weighted by atomic mass is 9.64. The molecule has 0 aliphatic carbocycles. The molecule has 6 nitrogen and oxygen atoms in total. The van der Waals surface area contributed by atoms with Gasteiger partial charge in [0.15, 0.2) is 11.6 Å². The number of carbonyl (C=O) groups excluding carboxylic acids is 3. The highest BCUT2D eigenvalue weighted by Crippen LogP contribution is 2.59. The summed E-state index contributed by atoms with van der Waals surface area (Å²) in [5, 5.41) is 4.95. The fourth-order valence-corrected chi connectivity index (χ4v) is 7.74. The molecule has 0 radical (unpaired) electrons. The predicted octanol–water partition coefficient (Wildman–Crippen LogP) is 6.31. The zero-order valence-electron chi connectivity index (χ0n) is 22.9. The Kier molecular flexibility index (Phi) is 5.77. The summed E-state index contributed by atoms with van der Waals surface area (Å²) < 4.78 is 5.33. The molecule has 204 valence electrons. The summed E-state index contributed by atoms with van der Waals surface area (Å²) in [6, 6.07) is 22.8. The Morgan fingerprint density at radius 2 is 1.73 bits per heavy atom. The minimum absolute atomic E-state index is 0.162. The monoisotopic (exact) mass is 560 g/mol. The number of nitrogens with zero attached hydrogens (tertiary/aromatic N) is 1. The highest BCUT2D eigenvalue weighted by atomic mass is 32.1. The lowest BCUT2D eigenvalue weighted by molar-refractivity contribution is -0.121. The van der Waals surface area contributed by atoms with Crippen LogP contribution in [0.4, 0.5) is 11.4 Å². The zero-order chi connectivity index (χ0) is 28.5. The summed E-state index contributed by atoms with van der Waals surface area (Å²) in [6.45, 7) is 4.08. The van der Waals surface area contributed by atoms with Crippen LogP contribution in [0.15, 0.2) is 90.3 Å². The number of rotatable bonds is 5. The van der Waals surface area contributed by atoms with Gasteiger partial charge >= 0.3 is 0 Å². The van der Waals surface area contributed by atoms with E-state index in [1.54, 1.807) is 37.4 Å². The molecular formula is C34H28N2O4S. The molecule has 3 aliphatic heterocycles. The maximum absolute atomic E-state index is 14.8. The highest BCUT2D eigenvalue weighted by Gasteiger charge is 2.70. The molecule has 3 aliphatic rings. The van der Waals surface area contributed by atoms with Gasteiger partial charge < -0.3 is 15.0 Å². The number of ether oxygens (including phenoxy) is 1. The first-order valence-electron chi connectivity index (χ1n) is 13.6. The van der Waals surface area contributed by atoms with Gasteiger partial charge in [0.1, 0.15) is 17.2 Å². The Morgan fingerprint density at radius 3 is 2.46 bits per heavy atom. The minimum atomic E-state index is -1.32. The van der Waals surface area contributed by atoms with Crippen LogP contribution in [0.1, 0.15) is 43.6 Å². The highest BCUT2D eigenvalue weighted by molar-refractivity contribution is 7.12. The van der Waals surface area contributed by atoms with Crippen LogP contribution in [-0.2, 0) is 10.2 Å². The number of para-hydroxylation sites is 1. The lowest BCUT2D eigenvalue weighted by Gasteiger charge is -2.39. The molecule has 4 heterocycles. The molecule has 4 aromatic rings. The molecular weight excluding hydrogens is 532 g/mol. The lowest BCUT2D eigenvalue weighted by Crippen LogP contribution is -2.51. The van der Waals surface area contributed by atoms with Crippen molar-refractivity contribution in [1.29, 1.82) is 0 Å². The number of anilines is 2. The molecule has 41 heavy (non-hydrogen) atoms. The second kappa shape index (κ2) is 9.28. The molecule has 0 bridgehead atoms. The van der Waals surface area contributed by atoms with Crippen LogP contribution in [0.3, 0.4) is 0 Å². The number of fused-ring (bicyclic) bond motifs is 6. The standard InChI is InChI=1S/C34H28N2O4S/c1-19-10-15-26-23(17-19)20(2)18-28-34(24-7-4-5-8-25(24)35-33(34)39)29(31(37)21-11-13-22(40-3)14-12-21)30(36(26)28)32(38)27-9-6-16-41-27/h4-18,28-30H,1-3H3,(H,35,39)/t28-,29+,30-,34+/m0/s1. The number of hydrogen-bond acceptors (Lipinski definition) is 6. The molecule has 0 unspecified atom stereocenters. The van der Waals surface area contributed by atoms with Gasteiger partial charge in [0, 0.05) is 22.5 Å². The maximum Gasteiger partial charge on any atom is 0.238 e. The second-order valence-corrected chi connectivity index (χ2v) is 11.9. The molecule has 0 saturated carbocycles. The first-order valence-corrected chi connectivity index (χ1v) is 14.5. The van der Waals surface area contributed by atoms with Gasteiger partial charge in [0.25, 0.3) is 0 Å². The molecule has 3 aromatic carbocycles. The average Bonchev–Trinajstić information content (AvgIpc) is 3.70. The van der Waals surface area contributed by atoms with Crippen LogP contribution in [-0.4, -0.2) is 36.7 Å². The van der Waals surface area contributed by atoms with Gasteiger partial charge in [-0.15, -0.1) is 11.3 Å². The van der Waals surface area contributed by atoms with Crippen LogP contribution in [0.2, 0.25) is 0 Å². The maximum atomic E-state index is 14.8. The van der Waals surface area contributed by atoms with Gasteiger partial charge in [-0.1, -0.05) is 42.0 Å². The Hall–Kier alpha value is -4.49.